The molecule has 1 aromatic carbocycles. The molecule has 0 saturated heterocycles. The maximum absolute atomic E-state index is 12.8. The highest BCUT2D eigenvalue weighted by atomic mass is 19.4. The van der Waals surface area contributed by atoms with Crippen LogP contribution in [0.3, 0.4) is 0 Å². The van der Waals surface area contributed by atoms with Gasteiger partial charge in [-0.3, -0.25) is 9.59 Å². The van der Waals surface area contributed by atoms with Crippen molar-refractivity contribution in [3.05, 3.63) is 35.1 Å². The maximum atomic E-state index is 12.8. The number of carbonyl (C=O) groups is 2. The van der Waals surface area contributed by atoms with E-state index in [1.54, 1.807) is 0 Å². The molecular weight excluding hydrogens is 256 g/mol. The van der Waals surface area contributed by atoms with Gasteiger partial charge in [-0.15, -0.1) is 0 Å². The number of benzene rings is 1. The van der Waals surface area contributed by atoms with Gasteiger partial charge in [-0.25, -0.2) is 4.39 Å². The molecule has 0 N–H and O–H groups in total. The van der Waals surface area contributed by atoms with E-state index in [1.165, 1.54) is 0 Å². The van der Waals surface area contributed by atoms with Gasteiger partial charge in [0.25, 0.3) is 0 Å². The smallest absolute Gasteiger partial charge is 0.393 e. The Bertz CT molecular complexity index is 480. The second-order valence-electron chi connectivity index (χ2n) is 3.44. The van der Waals surface area contributed by atoms with Crippen LogP contribution in [0.2, 0.25) is 0 Å². The van der Waals surface area contributed by atoms with Crippen molar-refractivity contribution in [2.24, 2.45) is 0 Å². The van der Waals surface area contributed by atoms with Crippen LogP contribution in [0, 0.1) is 5.82 Å². The molecule has 0 aliphatic rings. The minimum Gasteiger partial charge on any atom is -0.393 e. The molecule has 0 aromatic heterocycles. The van der Waals surface area contributed by atoms with Gasteiger partial charge in [0.1, 0.15) is 5.82 Å². The average molecular weight is 264 g/mol. The largest absolute Gasteiger partial charge is 0.416 e. The summed E-state index contributed by atoms with van der Waals surface area (Å²) in [6.07, 6.45) is -5.54. The lowest BCUT2D eigenvalue weighted by molar-refractivity contribution is -0.157. The van der Waals surface area contributed by atoms with Crippen LogP contribution in [0.4, 0.5) is 17.6 Å². The minimum absolute atomic E-state index is 0.288. The highest BCUT2D eigenvalue weighted by molar-refractivity contribution is 5.85. The summed E-state index contributed by atoms with van der Waals surface area (Å²) < 4.78 is 54.5. The van der Waals surface area contributed by atoms with Crippen LogP contribution in [-0.4, -0.2) is 11.9 Å². The number of carbonyl (C=O) groups excluding carboxylic acids is 2. The normalized spacial score (nSPS) is 11.2. The van der Waals surface area contributed by atoms with Crippen molar-refractivity contribution in [1.82, 2.24) is 0 Å². The molecular formula is C11H8F4O3. The van der Waals surface area contributed by atoms with E-state index in [4.69, 9.17) is 0 Å². The number of hydrogen-bond acceptors (Lipinski definition) is 3. The molecule has 98 valence electrons. The lowest BCUT2D eigenvalue weighted by Gasteiger charge is -2.12. The fourth-order valence-electron chi connectivity index (χ4n) is 1.32. The minimum atomic E-state index is -4.78. The Labute approximate surface area is 99.4 Å². The fourth-order valence-corrected chi connectivity index (χ4v) is 1.32. The maximum Gasteiger partial charge on any atom is 0.416 e. The van der Waals surface area contributed by atoms with Gasteiger partial charge in [-0.05, 0) is 17.7 Å². The molecule has 0 bridgehead atoms. The molecule has 7 heteroatoms. The number of esters is 2. The first kappa shape index (κ1) is 14.1. The van der Waals surface area contributed by atoms with Gasteiger partial charge in [-0.1, -0.05) is 6.07 Å². The molecule has 0 atom stereocenters. The lowest BCUT2D eigenvalue weighted by atomic mass is 10.0. The van der Waals surface area contributed by atoms with E-state index in [0.29, 0.717) is 0 Å². The SMILES string of the molecule is CC(=O)OC(=O)Cc1ccc(F)cc1C(F)(F)F. The molecule has 0 fully saturated rings. The van der Waals surface area contributed by atoms with Crippen LogP contribution in [0.15, 0.2) is 18.2 Å². The third-order valence-corrected chi connectivity index (χ3v) is 1.97. The summed E-state index contributed by atoms with van der Waals surface area (Å²) in [6.45, 7) is 0.952. The van der Waals surface area contributed by atoms with Crippen LogP contribution in [-0.2, 0) is 26.9 Å². The van der Waals surface area contributed by atoms with Crippen LogP contribution in [0.1, 0.15) is 18.1 Å². The zero-order chi connectivity index (χ0) is 13.9. The van der Waals surface area contributed by atoms with Crippen LogP contribution >= 0.6 is 0 Å². The van der Waals surface area contributed by atoms with Crippen molar-refractivity contribution < 1.29 is 31.9 Å². The standard InChI is InChI=1S/C11H8F4O3/c1-6(16)18-10(17)4-7-2-3-8(12)5-9(7)11(13,14)15/h2-3,5H,4H2,1H3. The van der Waals surface area contributed by atoms with Crippen molar-refractivity contribution in [3.63, 3.8) is 0 Å². The van der Waals surface area contributed by atoms with Crippen LogP contribution < -0.4 is 0 Å². The van der Waals surface area contributed by atoms with Crippen molar-refractivity contribution in [3.8, 4) is 0 Å². The molecule has 18 heavy (non-hydrogen) atoms. The molecule has 0 aliphatic heterocycles. The van der Waals surface area contributed by atoms with Gasteiger partial charge in [-0.2, -0.15) is 13.2 Å². The molecule has 3 nitrogen and oxygen atoms in total. The first-order valence-corrected chi connectivity index (χ1v) is 4.77. The Balaban J connectivity index is 3.02. The summed E-state index contributed by atoms with van der Waals surface area (Å²) in [5.74, 6) is -3.11. The first-order chi connectivity index (χ1) is 8.20. The Morgan fingerprint density at radius 3 is 2.39 bits per heavy atom. The molecule has 0 unspecified atom stereocenters. The zero-order valence-electron chi connectivity index (χ0n) is 9.18. The molecule has 0 aliphatic carbocycles. The molecule has 1 aromatic rings. The first-order valence-electron chi connectivity index (χ1n) is 4.77. The Morgan fingerprint density at radius 2 is 1.89 bits per heavy atom. The average Bonchev–Trinajstić information content (AvgIpc) is 2.17. The van der Waals surface area contributed by atoms with Crippen molar-refractivity contribution in [1.29, 1.82) is 0 Å². The summed E-state index contributed by atoms with van der Waals surface area (Å²) >= 11 is 0. The highest BCUT2D eigenvalue weighted by Crippen LogP contribution is 2.32. The molecule has 0 radical (unpaired) electrons. The monoisotopic (exact) mass is 264 g/mol. The quantitative estimate of drug-likeness (QED) is 0.468. The number of halogens is 4. The highest BCUT2D eigenvalue weighted by Gasteiger charge is 2.34. The second-order valence-corrected chi connectivity index (χ2v) is 3.44. The van der Waals surface area contributed by atoms with Gasteiger partial charge >= 0.3 is 18.1 Å². The molecule has 0 saturated carbocycles. The van der Waals surface area contributed by atoms with Crippen molar-refractivity contribution in [2.75, 3.05) is 0 Å². The predicted molar refractivity (Wildman–Crippen MR) is 51.9 cm³/mol. The third-order valence-electron chi connectivity index (χ3n) is 1.97. The Morgan fingerprint density at radius 1 is 1.28 bits per heavy atom. The van der Waals surface area contributed by atoms with E-state index in [1.807, 2.05) is 0 Å². The Hall–Kier alpha value is -1.92. The summed E-state index contributed by atoms with van der Waals surface area (Å²) in [7, 11) is 0. The number of alkyl halides is 3. The lowest BCUT2D eigenvalue weighted by Crippen LogP contribution is -2.16. The van der Waals surface area contributed by atoms with E-state index in [0.717, 1.165) is 19.1 Å². The van der Waals surface area contributed by atoms with Gasteiger partial charge in [0.05, 0.1) is 12.0 Å². The van der Waals surface area contributed by atoms with E-state index in [2.05, 4.69) is 4.74 Å². The number of ether oxygens (including phenoxy) is 1. The molecule has 0 heterocycles. The predicted octanol–water partition coefficient (Wildman–Crippen LogP) is 2.48. The second kappa shape index (κ2) is 5.16. The topological polar surface area (TPSA) is 43.4 Å². The van der Waals surface area contributed by atoms with E-state index >= 15 is 0 Å². The summed E-state index contributed by atoms with van der Waals surface area (Å²) in [5.41, 5.74) is -1.71. The molecule has 1 rings (SSSR count). The third kappa shape index (κ3) is 3.83. The van der Waals surface area contributed by atoms with Gasteiger partial charge < -0.3 is 4.74 Å². The van der Waals surface area contributed by atoms with Crippen molar-refractivity contribution in [2.45, 2.75) is 19.5 Å². The summed E-state index contributed by atoms with van der Waals surface area (Å²) in [6, 6.07) is 1.92. The number of hydrogen-bond donors (Lipinski definition) is 0. The van der Waals surface area contributed by atoms with Gasteiger partial charge in [0, 0.05) is 6.92 Å². The van der Waals surface area contributed by atoms with Crippen molar-refractivity contribution >= 4 is 11.9 Å². The summed E-state index contributed by atoms with van der Waals surface area (Å²) in [5, 5.41) is 0. The van der Waals surface area contributed by atoms with Gasteiger partial charge in [0.15, 0.2) is 0 Å². The van der Waals surface area contributed by atoms with E-state index in [-0.39, 0.29) is 6.07 Å². The Kier molecular flexibility index (Phi) is 4.05. The zero-order valence-corrected chi connectivity index (χ0v) is 9.18. The molecule has 0 amide bonds. The van der Waals surface area contributed by atoms with E-state index in [9.17, 15) is 27.2 Å². The van der Waals surface area contributed by atoms with Crippen LogP contribution in [0.5, 0.6) is 0 Å². The van der Waals surface area contributed by atoms with E-state index < -0.39 is 41.5 Å². The van der Waals surface area contributed by atoms with Crippen LogP contribution in [0.25, 0.3) is 0 Å². The van der Waals surface area contributed by atoms with Gasteiger partial charge in [0.2, 0.25) is 0 Å². The molecule has 0 spiro atoms. The number of rotatable bonds is 2. The fraction of sp³-hybridized carbons (Fsp3) is 0.273. The summed E-state index contributed by atoms with van der Waals surface area (Å²) in [4.78, 5) is 21.5.